The summed E-state index contributed by atoms with van der Waals surface area (Å²) in [5, 5.41) is 10.6. The van der Waals surface area contributed by atoms with Crippen molar-refractivity contribution in [2.45, 2.75) is 66.1 Å². The van der Waals surface area contributed by atoms with Gasteiger partial charge in [0.05, 0.1) is 17.8 Å². The lowest BCUT2D eigenvalue weighted by Crippen LogP contribution is -2.46. The van der Waals surface area contributed by atoms with Crippen LogP contribution in [0.25, 0.3) is 0 Å². The molecule has 1 N–H and O–H groups in total. The van der Waals surface area contributed by atoms with Gasteiger partial charge in [-0.25, -0.2) is 4.79 Å². The number of ketones is 1. The molecule has 0 radical (unpaired) electrons. The SMILES string of the molecule is CC(=O)C(C)C(C)(O)C(=O)OC1=CC(C)=CCCC(C)=CC2OC(=O)C(C)C12. The number of allylic oxidation sites excluding steroid dienone is 4. The highest BCUT2D eigenvalue weighted by atomic mass is 16.6. The molecule has 0 aromatic carbocycles. The van der Waals surface area contributed by atoms with Crippen molar-refractivity contribution in [3.63, 3.8) is 0 Å². The van der Waals surface area contributed by atoms with Gasteiger partial charge in [-0.05, 0) is 52.7 Å². The van der Waals surface area contributed by atoms with E-state index in [2.05, 4.69) is 0 Å². The maximum absolute atomic E-state index is 12.8. The van der Waals surface area contributed by atoms with Gasteiger partial charge in [0.25, 0.3) is 0 Å². The summed E-state index contributed by atoms with van der Waals surface area (Å²) in [7, 11) is 0. The van der Waals surface area contributed by atoms with Crippen LogP contribution >= 0.6 is 0 Å². The van der Waals surface area contributed by atoms with Crippen molar-refractivity contribution >= 4 is 17.7 Å². The Balaban J connectivity index is 2.45. The maximum Gasteiger partial charge on any atom is 0.343 e. The van der Waals surface area contributed by atoms with Gasteiger partial charge in [0.1, 0.15) is 17.6 Å². The molecule has 0 aromatic rings. The topological polar surface area (TPSA) is 89.9 Å². The molecular formula is C22H30O6. The lowest BCUT2D eigenvalue weighted by Gasteiger charge is -2.29. The Kier molecular flexibility index (Phi) is 6.65. The molecule has 1 saturated heterocycles. The number of carbonyl (C=O) groups is 3. The number of hydrogen-bond acceptors (Lipinski definition) is 6. The molecule has 6 nitrogen and oxygen atoms in total. The molecule has 5 unspecified atom stereocenters. The highest BCUT2D eigenvalue weighted by Crippen LogP contribution is 2.38. The van der Waals surface area contributed by atoms with Crippen molar-refractivity contribution in [2.75, 3.05) is 0 Å². The van der Waals surface area contributed by atoms with Crippen molar-refractivity contribution < 1.29 is 29.0 Å². The van der Waals surface area contributed by atoms with Crippen LogP contribution in [0.3, 0.4) is 0 Å². The second-order valence-electron chi connectivity index (χ2n) is 8.13. The van der Waals surface area contributed by atoms with Gasteiger partial charge >= 0.3 is 11.9 Å². The summed E-state index contributed by atoms with van der Waals surface area (Å²) in [6.07, 6.45) is 6.77. The lowest BCUT2D eigenvalue weighted by atomic mass is 9.86. The number of ether oxygens (including phenoxy) is 2. The first-order valence-electron chi connectivity index (χ1n) is 9.66. The minimum absolute atomic E-state index is 0.268. The quantitative estimate of drug-likeness (QED) is 0.585. The van der Waals surface area contributed by atoms with Gasteiger partial charge in [-0.2, -0.15) is 0 Å². The van der Waals surface area contributed by atoms with Crippen LogP contribution in [0, 0.1) is 17.8 Å². The zero-order valence-electron chi connectivity index (χ0n) is 17.4. The Bertz CT molecular complexity index is 755. The second kappa shape index (κ2) is 8.43. The first kappa shape index (κ1) is 22.1. The first-order chi connectivity index (χ1) is 12.9. The third kappa shape index (κ3) is 4.61. The molecule has 2 rings (SSSR count). The predicted molar refractivity (Wildman–Crippen MR) is 104 cm³/mol. The fourth-order valence-corrected chi connectivity index (χ4v) is 3.44. The van der Waals surface area contributed by atoms with Crippen LogP contribution < -0.4 is 0 Å². The van der Waals surface area contributed by atoms with Crippen molar-refractivity contribution in [2.24, 2.45) is 17.8 Å². The molecule has 154 valence electrons. The standard InChI is InChI=1S/C22H30O6/c1-12-8-7-9-13(2)11-18(19-14(3)20(24)27-17(19)10-12)28-21(25)22(6,26)15(4)16(5)23/h9-11,14-15,17,19,26H,7-8H2,1-6H3. The van der Waals surface area contributed by atoms with Gasteiger partial charge in [0, 0.05) is 0 Å². The first-order valence-corrected chi connectivity index (χ1v) is 9.66. The number of hydrogen-bond donors (Lipinski definition) is 1. The van der Waals surface area contributed by atoms with Crippen LogP contribution in [-0.4, -0.2) is 34.5 Å². The average molecular weight is 390 g/mol. The van der Waals surface area contributed by atoms with Crippen molar-refractivity contribution in [3.05, 3.63) is 35.1 Å². The fraction of sp³-hybridized carbons (Fsp3) is 0.591. The lowest BCUT2D eigenvalue weighted by molar-refractivity contribution is -0.168. The number of aliphatic hydroxyl groups is 1. The molecule has 2 aliphatic rings. The average Bonchev–Trinajstić information content (AvgIpc) is 2.86. The summed E-state index contributed by atoms with van der Waals surface area (Å²) in [6.45, 7) is 9.67. The highest BCUT2D eigenvalue weighted by molar-refractivity contribution is 5.89. The van der Waals surface area contributed by atoms with E-state index in [-0.39, 0.29) is 17.5 Å². The van der Waals surface area contributed by atoms with E-state index < -0.39 is 35.4 Å². The van der Waals surface area contributed by atoms with Crippen molar-refractivity contribution in [3.8, 4) is 0 Å². The molecule has 1 aliphatic carbocycles. The van der Waals surface area contributed by atoms with E-state index in [9.17, 15) is 19.5 Å². The summed E-state index contributed by atoms with van der Waals surface area (Å²) in [5.41, 5.74) is 0.000829. The molecule has 1 aliphatic heterocycles. The monoisotopic (exact) mass is 390 g/mol. The highest BCUT2D eigenvalue weighted by Gasteiger charge is 2.47. The number of Topliss-reactive ketones (excluding diaryl/α,β-unsaturated/α-hetero) is 1. The van der Waals surface area contributed by atoms with Crippen molar-refractivity contribution in [1.29, 1.82) is 0 Å². The van der Waals surface area contributed by atoms with E-state index in [0.717, 1.165) is 24.0 Å². The van der Waals surface area contributed by atoms with Crippen LogP contribution in [0.2, 0.25) is 0 Å². The van der Waals surface area contributed by atoms with Crippen LogP contribution in [0.15, 0.2) is 35.1 Å². The molecule has 0 amide bonds. The zero-order valence-corrected chi connectivity index (χ0v) is 17.4. The summed E-state index contributed by atoms with van der Waals surface area (Å²) < 4.78 is 11.1. The molecule has 28 heavy (non-hydrogen) atoms. The largest absolute Gasteiger partial charge is 0.457 e. The van der Waals surface area contributed by atoms with Crippen LogP contribution in [0.5, 0.6) is 0 Å². The van der Waals surface area contributed by atoms with Gasteiger partial charge in [-0.15, -0.1) is 0 Å². The summed E-state index contributed by atoms with van der Waals surface area (Å²) in [6, 6.07) is 0. The van der Waals surface area contributed by atoms with E-state index in [0.29, 0.717) is 0 Å². The predicted octanol–water partition coefficient (Wildman–Crippen LogP) is 3.25. The van der Waals surface area contributed by atoms with Gasteiger partial charge in [-0.1, -0.05) is 31.1 Å². The Labute approximate surface area is 166 Å². The van der Waals surface area contributed by atoms with Crippen LogP contribution in [0.4, 0.5) is 0 Å². The number of fused-ring (bicyclic) bond motifs is 1. The van der Waals surface area contributed by atoms with E-state index >= 15 is 0 Å². The molecule has 0 saturated carbocycles. The Morgan fingerprint density at radius 3 is 2.61 bits per heavy atom. The van der Waals surface area contributed by atoms with Crippen LogP contribution in [0.1, 0.15) is 54.4 Å². The maximum atomic E-state index is 12.8. The smallest absolute Gasteiger partial charge is 0.343 e. The van der Waals surface area contributed by atoms with Gasteiger partial charge in [-0.3, -0.25) is 9.59 Å². The molecule has 5 atom stereocenters. The van der Waals surface area contributed by atoms with E-state index in [1.165, 1.54) is 20.8 Å². The van der Waals surface area contributed by atoms with E-state index in [1.807, 2.05) is 26.0 Å². The fourth-order valence-electron chi connectivity index (χ4n) is 3.44. The second-order valence-corrected chi connectivity index (χ2v) is 8.13. The molecule has 1 fully saturated rings. The minimum Gasteiger partial charge on any atom is -0.457 e. The van der Waals surface area contributed by atoms with E-state index in [4.69, 9.17) is 9.47 Å². The Morgan fingerprint density at radius 1 is 1.36 bits per heavy atom. The molecule has 0 bridgehead atoms. The summed E-state index contributed by atoms with van der Waals surface area (Å²) >= 11 is 0. The number of esters is 2. The summed E-state index contributed by atoms with van der Waals surface area (Å²) in [5.74, 6) is -3.24. The van der Waals surface area contributed by atoms with Crippen molar-refractivity contribution in [1.82, 2.24) is 0 Å². The van der Waals surface area contributed by atoms with E-state index in [1.54, 1.807) is 13.0 Å². The van der Waals surface area contributed by atoms with Gasteiger partial charge in [0.2, 0.25) is 0 Å². The summed E-state index contributed by atoms with van der Waals surface area (Å²) in [4.78, 5) is 36.6. The third-order valence-corrected chi connectivity index (χ3v) is 5.75. The molecule has 0 aromatic heterocycles. The zero-order chi connectivity index (χ0) is 21.2. The Hall–Kier alpha value is -2.21. The normalized spacial score (nSPS) is 28.6. The number of carbonyl (C=O) groups excluding carboxylic acids is 3. The molecule has 0 spiro atoms. The van der Waals surface area contributed by atoms with Gasteiger partial charge < -0.3 is 14.6 Å². The molecular weight excluding hydrogens is 360 g/mol. The minimum atomic E-state index is -1.98. The van der Waals surface area contributed by atoms with Gasteiger partial charge in [0.15, 0.2) is 5.60 Å². The number of rotatable bonds is 4. The molecule has 1 heterocycles. The Morgan fingerprint density at radius 2 is 2.00 bits per heavy atom. The molecule has 6 heteroatoms. The van der Waals surface area contributed by atoms with Crippen LogP contribution in [-0.2, 0) is 23.9 Å². The third-order valence-electron chi connectivity index (χ3n) is 5.75.